The van der Waals surface area contributed by atoms with Gasteiger partial charge in [0.2, 0.25) is 0 Å². The Balaban J connectivity index is 2.16. The zero-order valence-electron chi connectivity index (χ0n) is 13.8. The number of nitrogens with zero attached hydrogens (tertiary/aromatic N) is 1. The molecule has 0 spiro atoms. The fourth-order valence-electron chi connectivity index (χ4n) is 2.36. The summed E-state index contributed by atoms with van der Waals surface area (Å²) in [6.07, 6.45) is 0. The average Bonchev–Trinajstić information content (AvgIpc) is 2.58. The number of rotatable bonds is 7. The van der Waals surface area contributed by atoms with E-state index in [0.29, 0.717) is 25.3 Å². The molecule has 0 aliphatic rings. The minimum atomic E-state index is 0.0164. The second-order valence-corrected chi connectivity index (χ2v) is 5.54. The third kappa shape index (κ3) is 4.71. The van der Waals surface area contributed by atoms with E-state index in [1.807, 2.05) is 68.4 Å². The summed E-state index contributed by atoms with van der Waals surface area (Å²) in [5.74, 6) is 0.812. The Labute approximate surface area is 138 Å². The second kappa shape index (κ2) is 8.18. The summed E-state index contributed by atoms with van der Waals surface area (Å²) in [7, 11) is 0. The zero-order chi connectivity index (χ0) is 16.7. The maximum absolute atomic E-state index is 12.8. The molecule has 0 aliphatic carbocycles. The molecule has 3 nitrogen and oxygen atoms in total. The van der Waals surface area contributed by atoms with E-state index in [4.69, 9.17) is 4.74 Å². The third-order valence-corrected chi connectivity index (χ3v) is 3.52. The molecule has 0 saturated heterocycles. The third-order valence-electron chi connectivity index (χ3n) is 3.52. The molecule has 2 rings (SSSR count). The lowest BCUT2D eigenvalue weighted by atomic mass is 10.1. The number of likely N-dealkylation sites (N-methyl/N-ethyl adjacent to an activating group) is 1. The number of hydrogen-bond acceptors (Lipinski definition) is 2. The summed E-state index contributed by atoms with van der Waals surface area (Å²) in [6.45, 7) is 9.40. The Bertz CT molecular complexity index is 664. The quantitative estimate of drug-likeness (QED) is 0.714. The van der Waals surface area contributed by atoms with Gasteiger partial charge in [-0.1, -0.05) is 48.6 Å². The SMILES string of the molecule is C=C(C)CN(CC)C(=O)c1ccccc1COc1ccccc1. The zero-order valence-corrected chi connectivity index (χ0v) is 13.8. The molecule has 0 atom stereocenters. The van der Waals surface area contributed by atoms with E-state index >= 15 is 0 Å². The van der Waals surface area contributed by atoms with Crippen LogP contribution in [0.25, 0.3) is 0 Å². The van der Waals surface area contributed by atoms with E-state index in [-0.39, 0.29) is 5.91 Å². The Hall–Kier alpha value is -2.55. The highest BCUT2D eigenvalue weighted by Crippen LogP contribution is 2.16. The van der Waals surface area contributed by atoms with Crippen molar-refractivity contribution in [3.63, 3.8) is 0 Å². The van der Waals surface area contributed by atoms with Crippen LogP contribution < -0.4 is 4.74 Å². The van der Waals surface area contributed by atoms with Gasteiger partial charge >= 0.3 is 0 Å². The molecule has 0 heterocycles. The molecule has 0 radical (unpaired) electrons. The number of ether oxygens (including phenoxy) is 1. The highest BCUT2D eigenvalue weighted by atomic mass is 16.5. The van der Waals surface area contributed by atoms with Gasteiger partial charge < -0.3 is 9.64 Å². The Morgan fingerprint density at radius 1 is 1.09 bits per heavy atom. The van der Waals surface area contributed by atoms with E-state index in [2.05, 4.69) is 6.58 Å². The summed E-state index contributed by atoms with van der Waals surface area (Å²) >= 11 is 0. The molecule has 0 saturated carbocycles. The van der Waals surface area contributed by atoms with Crippen molar-refractivity contribution in [2.24, 2.45) is 0 Å². The van der Waals surface area contributed by atoms with Crippen LogP contribution in [-0.4, -0.2) is 23.9 Å². The van der Waals surface area contributed by atoms with Crippen LogP contribution in [0.15, 0.2) is 66.7 Å². The summed E-state index contributed by atoms with van der Waals surface area (Å²) in [5, 5.41) is 0. The Kier molecular flexibility index (Phi) is 5.98. The molecule has 0 aromatic heterocycles. The molecule has 0 aliphatic heterocycles. The number of para-hydroxylation sites is 1. The summed E-state index contributed by atoms with van der Waals surface area (Å²) < 4.78 is 5.79. The van der Waals surface area contributed by atoms with Gasteiger partial charge in [0.15, 0.2) is 0 Å². The number of hydrogen-bond donors (Lipinski definition) is 0. The van der Waals surface area contributed by atoms with E-state index in [1.165, 1.54) is 0 Å². The van der Waals surface area contributed by atoms with Crippen molar-refractivity contribution in [1.82, 2.24) is 4.90 Å². The fourth-order valence-corrected chi connectivity index (χ4v) is 2.36. The van der Waals surface area contributed by atoms with Crippen LogP contribution >= 0.6 is 0 Å². The predicted molar refractivity (Wildman–Crippen MR) is 93.6 cm³/mol. The van der Waals surface area contributed by atoms with E-state index < -0.39 is 0 Å². The van der Waals surface area contributed by atoms with Crippen molar-refractivity contribution >= 4 is 5.91 Å². The first-order valence-corrected chi connectivity index (χ1v) is 7.81. The van der Waals surface area contributed by atoms with E-state index in [9.17, 15) is 4.79 Å². The molecule has 0 unspecified atom stereocenters. The monoisotopic (exact) mass is 309 g/mol. The van der Waals surface area contributed by atoms with Crippen molar-refractivity contribution < 1.29 is 9.53 Å². The standard InChI is InChI=1S/C20H23NO2/c1-4-21(14-16(2)3)20(22)19-13-9-8-10-17(19)15-23-18-11-6-5-7-12-18/h5-13H,2,4,14-15H2,1,3H3. The van der Waals surface area contributed by atoms with Crippen LogP contribution in [0.4, 0.5) is 0 Å². The summed E-state index contributed by atoms with van der Waals surface area (Å²) in [5.41, 5.74) is 2.55. The summed E-state index contributed by atoms with van der Waals surface area (Å²) in [6, 6.07) is 17.2. The van der Waals surface area contributed by atoms with Crippen molar-refractivity contribution in [3.8, 4) is 5.75 Å². The highest BCUT2D eigenvalue weighted by molar-refractivity contribution is 5.95. The van der Waals surface area contributed by atoms with E-state index in [1.54, 1.807) is 4.90 Å². The lowest BCUT2D eigenvalue weighted by Crippen LogP contribution is -2.32. The maximum atomic E-state index is 12.8. The lowest BCUT2D eigenvalue weighted by Gasteiger charge is -2.22. The molecule has 2 aromatic carbocycles. The molecular formula is C20H23NO2. The van der Waals surface area contributed by atoms with Gasteiger partial charge in [0.05, 0.1) is 0 Å². The number of benzene rings is 2. The lowest BCUT2D eigenvalue weighted by molar-refractivity contribution is 0.0775. The van der Waals surface area contributed by atoms with Crippen LogP contribution in [0.1, 0.15) is 29.8 Å². The van der Waals surface area contributed by atoms with Crippen LogP contribution in [0, 0.1) is 0 Å². The normalized spacial score (nSPS) is 10.2. The Morgan fingerprint density at radius 3 is 2.39 bits per heavy atom. The highest BCUT2D eigenvalue weighted by Gasteiger charge is 2.17. The van der Waals surface area contributed by atoms with Gasteiger partial charge in [-0.2, -0.15) is 0 Å². The number of carbonyl (C=O) groups excluding carboxylic acids is 1. The topological polar surface area (TPSA) is 29.5 Å². The van der Waals surface area contributed by atoms with Crippen LogP contribution in [-0.2, 0) is 6.61 Å². The van der Waals surface area contributed by atoms with Gasteiger partial charge in [0.25, 0.3) is 5.91 Å². The first kappa shape index (κ1) is 16.8. The fraction of sp³-hybridized carbons (Fsp3) is 0.250. The van der Waals surface area contributed by atoms with Gasteiger partial charge in [-0.25, -0.2) is 0 Å². The van der Waals surface area contributed by atoms with E-state index in [0.717, 1.165) is 16.9 Å². The second-order valence-electron chi connectivity index (χ2n) is 5.54. The van der Waals surface area contributed by atoms with Crippen LogP contribution in [0.2, 0.25) is 0 Å². The number of carbonyl (C=O) groups is 1. The van der Waals surface area contributed by atoms with Gasteiger partial charge in [0.1, 0.15) is 12.4 Å². The molecule has 1 amide bonds. The molecule has 0 bridgehead atoms. The largest absolute Gasteiger partial charge is 0.489 e. The van der Waals surface area contributed by atoms with Gasteiger partial charge in [-0.15, -0.1) is 0 Å². The molecule has 0 N–H and O–H groups in total. The van der Waals surface area contributed by atoms with Gasteiger partial charge in [-0.05, 0) is 32.0 Å². The smallest absolute Gasteiger partial charge is 0.254 e. The van der Waals surface area contributed by atoms with Crippen molar-refractivity contribution in [1.29, 1.82) is 0 Å². The predicted octanol–water partition coefficient (Wildman–Crippen LogP) is 4.30. The minimum Gasteiger partial charge on any atom is -0.489 e. The first-order valence-electron chi connectivity index (χ1n) is 7.81. The van der Waals surface area contributed by atoms with Crippen molar-refractivity contribution in [2.45, 2.75) is 20.5 Å². The molecular weight excluding hydrogens is 286 g/mol. The molecule has 120 valence electrons. The molecule has 23 heavy (non-hydrogen) atoms. The minimum absolute atomic E-state index is 0.0164. The first-order chi connectivity index (χ1) is 11.1. The van der Waals surface area contributed by atoms with Crippen molar-refractivity contribution in [3.05, 3.63) is 77.9 Å². The Morgan fingerprint density at radius 2 is 1.74 bits per heavy atom. The van der Waals surface area contributed by atoms with Crippen LogP contribution in [0.5, 0.6) is 5.75 Å². The number of amides is 1. The maximum Gasteiger partial charge on any atom is 0.254 e. The molecule has 3 heteroatoms. The average molecular weight is 309 g/mol. The van der Waals surface area contributed by atoms with Gasteiger partial charge in [-0.3, -0.25) is 4.79 Å². The van der Waals surface area contributed by atoms with Crippen LogP contribution in [0.3, 0.4) is 0 Å². The molecule has 0 fully saturated rings. The summed E-state index contributed by atoms with van der Waals surface area (Å²) in [4.78, 5) is 14.6. The van der Waals surface area contributed by atoms with Gasteiger partial charge in [0, 0.05) is 24.2 Å². The van der Waals surface area contributed by atoms with Crippen molar-refractivity contribution in [2.75, 3.05) is 13.1 Å². The molecule has 2 aromatic rings.